The highest BCUT2D eigenvalue weighted by atomic mass is 127. The van der Waals surface area contributed by atoms with Crippen LogP contribution in [0.3, 0.4) is 0 Å². The van der Waals surface area contributed by atoms with Gasteiger partial charge in [0.25, 0.3) is 0 Å². The standard InChI is InChI=1S/C23H31NO2.C11H15I.C11H17N/c1-11-13(3)17(7)22(18(8)14(11)4)24-23-19(9)15(5)12(2)16(6)20(23)10-21(25)26;2*1-6-7(2)9(4)11(12)10(5)8(6)3/h24H,10H2,1-9H3,(H,25,26);1-5H3;12H2,1-5H3. The first-order chi connectivity index (χ1) is 22.9. The van der Waals surface area contributed by atoms with Gasteiger partial charge in [-0.2, -0.15) is 0 Å². The Balaban J connectivity index is 0.000000299. The molecule has 0 spiro atoms. The van der Waals surface area contributed by atoms with Gasteiger partial charge >= 0.3 is 5.97 Å². The molecule has 4 aromatic carbocycles. The molecule has 50 heavy (non-hydrogen) atoms. The van der Waals surface area contributed by atoms with E-state index in [1.54, 1.807) is 0 Å². The second kappa shape index (κ2) is 16.8. The molecule has 0 aromatic heterocycles. The zero-order valence-electron chi connectivity index (χ0n) is 34.5. The second-order valence-electron chi connectivity index (χ2n) is 14.5. The average Bonchev–Trinajstić information content (AvgIpc) is 3.09. The smallest absolute Gasteiger partial charge is 0.307 e. The Morgan fingerprint density at radius 3 is 1.04 bits per heavy atom. The molecule has 0 saturated carbocycles. The fourth-order valence-corrected chi connectivity index (χ4v) is 7.54. The van der Waals surface area contributed by atoms with Crippen LogP contribution >= 0.6 is 22.6 Å². The molecule has 0 aliphatic carbocycles. The zero-order valence-corrected chi connectivity index (χ0v) is 36.7. The van der Waals surface area contributed by atoms with Crippen LogP contribution in [0.1, 0.15) is 111 Å². The van der Waals surface area contributed by atoms with E-state index < -0.39 is 5.97 Å². The molecule has 0 radical (unpaired) electrons. The molecule has 4 N–H and O–H groups in total. The molecular weight excluding hydrogens is 727 g/mol. The molecule has 5 heteroatoms. The molecule has 4 rings (SSSR count). The Hall–Kier alpha value is -3.32. The van der Waals surface area contributed by atoms with Gasteiger partial charge in [-0.1, -0.05) is 0 Å². The molecular formula is C45H63IN2O2. The maximum Gasteiger partial charge on any atom is 0.307 e. The number of anilines is 3. The molecule has 4 aromatic rings. The summed E-state index contributed by atoms with van der Waals surface area (Å²) in [6, 6.07) is 0. The summed E-state index contributed by atoms with van der Waals surface area (Å²) in [6.45, 7) is 40.7. The Morgan fingerprint density at radius 1 is 0.440 bits per heavy atom. The molecule has 0 aliphatic heterocycles. The van der Waals surface area contributed by atoms with E-state index in [1.807, 2.05) is 6.92 Å². The van der Waals surface area contributed by atoms with Crippen molar-refractivity contribution in [2.24, 2.45) is 0 Å². The molecule has 0 unspecified atom stereocenters. The predicted octanol–water partition coefficient (Wildman–Crippen LogP) is 12.5. The molecule has 0 amide bonds. The maximum absolute atomic E-state index is 11.5. The van der Waals surface area contributed by atoms with Gasteiger partial charge in [0.2, 0.25) is 0 Å². The number of halogens is 1. The number of hydrogen-bond acceptors (Lipinski definition) is 3. The van der Waals surface area contributed by atoms with E-state index in [-0.39, 0.29) is 6.42 Å². The summed E-state index contributed by atoms with van der Waals surface area (Å²) in [4.78, 5) is 11.5. The minimum absolute atomic E-state index is 0.0258. The summed E-state index contributed by atoms with van der Waals surface area (Å²) in [5, 5.41) is 13.1. The van der Waals surface area contributed by atoms with E-state index in [4.69, 9.17) is 5.73 Å². The van der Waals surface area contributed by atoms with Crippen molar-refractivity contribution in [3.63, 3.8) is 0 Å². The molecule has 0 bridgehead atoms. The maximum atomic E-state index is 11.5. The highest BCUT2D eigenvalue weighted by molar-refractivity contribution is 14.1. The third-order valence-corrected chi connectivity index (χ3v) is 14.0. The lowest BCUT2D eigenvalue weighted by molar-refractivity contribution is -0.136. The first-order valence-electron chi connectivity index (χ1n) is 17.6. The first-order valence-corrected chi connectivity index (χ1v) is 18.7. The number of carbonyl (C=O) groups is 1. The number of nitrogens with two attached hydrogens (primary N) is 1. The number of nitrogens with one attached hydrogen (secondary N) is 1. The van der Waals surface area contributed by atoms with Gasteiger partial charge in [-0.25, -0.2) is 0 Å². The summed E-state index contributed by atoms with van der Waals surface area (Å²) in [5.41, 5.74) is 34.5. The van der Waals surface area contributed by atoms with Crippen LogP contribution in [0.15, 0.2) is 0 Å². The van der Waals surface area contributed by atoms with E-state index >= 15 is 0 Å². The van der Waals surface area contributed by atoms with Gasteiger partial charge in [0.1, 0.15) is 0 Å². The van der Waals surface area contributed by atoms with Crippen molar-refractivity contribution in [3.8, 4) is 0 Å². The van der Waals surface area contributed by atoms with E-state index in [0.29, 0.717) is 0 Å². The molecule has 0 aliphatic rings. The van der Waals surface area contributed by atoms with Gasteiger partial charge in [0.15, 0.2) is 0 Å². The quantitative estimate of drug-likeness (QED) is 0.142. The van der Waals surface area contributed by atoms with Crippen LogP contribution in [0.25, 0.3) is 0 Å². The fourth-order valence-electron chi connectivity index (χ4n) is 6.73. The van der Waals surface area contributed by atoms with Crippen LogP contribution in [-0.4, -0.2) is 11.1 Å². The molecule has 0 atom stereocenters. The van der Waals surface area contributed by atoms with Crippen LogP contribution in [-0.2, 0) is 11.2 Å². The first kappa shape index (κ1) is 42.8. The van der Waals surface area contributed by atoms with Gasteiger partial charge in [-0.15, -0.1) is 0 Å². The van der Waals surface area contributed by atoms with Gasteiger partial charge in [-0.3, -0.25) is 4.79 Å². The van der Waals surface area contributed by atoms with Crippen LogP contribution in [0.2, 0.25) is 0 Å². The molecule has 0 saturated heterocycles. The highest BCUT2D eigenvalue weighted by Crippen LogP contribution is 2.38. The van der Waals surface area contributed by atoms with Crippen molar-refractivity contribution in [1.82, 2.24) is 0 Å². The molecule has 0 heterocycles. The third kappa shape index (κ3) is 8.41. The van der Waals surface area contributed by atoms with Crippen LogP contribution in [0.4, 0.5) is 17.1 Å². The molecule has 4 nitrogen and oxygen atoms in total. The number of rotatable bonds is 4. The van der Waals surface area contributed by atoms with Crippen molar-refractivity contribution in [1.29, 1.82) is 0 Å². The van der Waals surface area contributed by atoms with Crippen molar-refractivity contribution < 1.29 is 9.90 Å². The summed E-state index contributed by atoms with van der Waals surface area (Å²) in [7, 11) is 0. The van der Waals surface area contributed by atoms with Gasteiger partial charge in [0.05, 0.1) is 6.42 Å². The second-order valence-corrected chi connectivity index (χ2v) is 15.6. The van der Waals surface area contributed by atoms with Gasteiger partial charge in [-0.05, 0) is 265 Å². The Morgan fingerprint density at radius 2 is 0.700 bits per heavy atom. The fraction of sp³-hybridized carbons (Fsp3) is 0.444. The lowest BCUT2D eigenvalue weighted by Crippen LogP contribution is -2.12. The van der Waals surface area contributed by atoms with Gasteiger partial charge < -0.3 is 16.2 Å². The lowest BCUT2D eigenvalue weighted by atomic mass is 9.89. The largest absolute Gasteiger partial charge is 0.481 e. The van der Waals surface area contributed by atoms with E-state index in [0.717, 1.165) is 33.8 Å². The topological polar surface area (TPSA) is 75.3 Å². The summed E-state index contributed by atoms with van der Waals surface area (Å²) < 4.78 is 1.42. The number of nitrogen functional groups attached to an aromatic ring is 1. The number of benzene rings is 4. The minimum Gasteiger partial charge on any atom is -0.481 e. The minimum atomic E-state index is -0.802. The van der Waals surface area contributed by atoms with E-state index in [2.05, 4.69) is 153 Å². The predicted molar refractivity (Wildman–Crippen MR) is 228 cm³/mol. The monoisotopic (exact) mass is 790 g/mol. The van der Waals surface area contributed by atoms with Gasteiger partial charge in [0, 0.05) is 20.6 Å². The zero-order chi connectivity index (χ0) is 38.8. The lowest BCUT2D eigenvalue weighted by Gasteiger charge is -2.25. The van der Waals surface area contributed by atoms with Crippen molar-refractivity contribution in [3.05, 3.63) is 115 Å². The van der Waals surface area contributed by atoms with Crippen LogP contribution in [0.5, 0.6) is 0 Å². The molecule has 272 valence electrons. The van der Waals surface area contributed by atoms with E-state index in [9.17, 15) is 9.90 Å². The molecule has 0 fully saturated rings. The average molecular weight is 791 g/mol. The number of carboxylic acids is 1. The number of hydrogen-bond donors (Lipinski definition) is 3. The highest BCUT2D eigenvalue weighted by Gasteiger charge is 2.20. The third-order valence-electron chi connectivity index (χ3n) is 12.4. The number of aliphatic carboxylic acids is 1. The Labute approximate surface area is 317 Å². The van der Waals surface area contributed by atoms with Crippen LogP contribution < -0.4 is 11.1 Å². The summed E-state index contributed by atoms with van der Waals surface area (Å²) in [6.07, 6.45) is 0.0258. The Bertz CT molecular complexity index is 1670. The van der Waals surface area contributed by atoms with Crippen molar-refractivity contribution in [2.45, 2.75) is 138 Å². The van der Waals surface area contributed by atoms with E-state index in [1.165, 1.54) is 98.1 Å². The normalized spacial score (nSPS) is 10.7. The number of carboxylic acid groups (broad SMARTS) is 1. The van der Waals surface area contributed by atoms with Crippen LogP contribution in [0, 0.1) is 135 Å². The Kier molecular flexibility index (Phi) is 14.4. The summed E-state index contributed by atoms with van der Waals surface area (Å²) in [5.74, 6) is -0.802. The SMILES string of the molecule is Cc1c(C)c(C)c(I)c(C)c1C.Cc1c(C)c(C)c(N)c(C)c1C.Cc1c(C)c(C)c(Nc2c(C)c(C)c(C)c(C)c2CC(=O)O)c(C)c1C. The van der Waals surface area contributed by atoms with Crippen molar-refractivity contribution >= 4 is 45.6 Å². The van der Waals surface area contributed by atoms with Crippen molar-refractivity contribution in [2.75, 3.05) is 11.1 Å². The summed E-state index contributed by atoms with van der Waals surface area (Å²) >= 11 is 2.44.